The standard InChI is InChI=1S/C28H31F3N2O3/c1-26(2)13-22-14-27(3,16-26)17-33(22)25(36)21-7-5-18(6-8-21)15-32(4)24(35)20-11-9-19(10-12-20)23(34)28(29,30)31/h5-12,22H,13-17H2,1-4H3. The largest absolute Gasteiger partial charge is 0.454 e. The molecule has 192 valence electrons. The van der Waals surface area contributed by atoms with Crippen LogP contribution < -0.4 is 0 Å². The minimum Gasteiger partial charge on any atom is -0.337 e. The molecule has 1 aliphatic heterocycles. The van der Waals surface area contributed by atoms with Crippen molar-refractivity contribution in [1.82, 2.24) is 9.80 Å². The van der Waals surface area contributed by atoms with Crippen LogP contribution in [0.25, 0.3) is 0 Å². The van der Waals surface area contributed by atoms with Gasteiger partial charge in [0.25, 0.3) is 17.6 Å². The molecule has 1 aliphatic carbocycles. The van der Waals surface area contributed by atoms with Gasteiger partial charge in [-0.25, -0.2) is 0 Å². The van der Waals surface area contributed by atoms with E-state index in [2.05, 4.69) is 20.8 Å². The summed E-state index contributed by atoms with van der Waals surface area (Å²) < 4.78 is 37.8. The van der Waals surface area contributed by atoms with Gasteiger partial charge in [0.2, 0.25) is 0 Å². The van der Waals surface area contributed by atoms with Crippen molar-refractivity contribution in [2.45, 2.75) is 58.8 Å². The third-order valence-electron chi connectivity index (χ3n) is 7.29. The summed E-state index contributed by atoms with van der Waals surface area (Å²) in [6.45, 7) is 7.84. The maximum Gasteiger partial charge on any atom is 0.454 e. The maximum absolute atomic E-state index is 13.3. The van der Waals surface area contributed by atoms with E-state index in [1.54, 1.807) is 19.2 Å². The number of nitrogens with zero attached hydrogens (tertiary/aromatic N) is 2. The van der Waals surface area contributed by atoms with Gasteiger partial charge in [-0.3, -0.25) is 14.4 Å². The van der Waals surface area contributed by atoms with Crippen molar-refractivity contribution in [2.24, 2.45) is 10.8 Å². The molecule has 2 aliphatic rings. The second-order valence-corrected chi connectivity index (χ2v) is 11.4. The fourth-order valence-corrected chi connectivity index (χ4v) is 6.11. The summed E-state index contributed by atoms with van der Waals surface area (Å²) in [6, 6.07) is 11.9. The SMILES string of the molecule is CN(Cc1ccc(C(=O)N2CC3(C)CC2CC(C)(C)C3)cc1)C(=O)c1ccc(C(=O)C(F)(F)F)cc1. The minimum absolute atomic E-state index is 0.0332. The molecular weight excluding hydrogens is 469 g/mol. The lowest BCUT2D eigenvalue weighted by Gasteiger charge is -2.39. The van der Waals surface area contributed by atoms with Crippen LogP contribution in [0.2, 0.25) is 0 Å². The van der Waals surface area contributed by atoms with Gasteiger partial charge in [0.1, 0.15) is 0 Å². The highest BCUT2D eigenvalue weighted by atomic mass is 19.4. The molecule has 2 aromatic carbocycles. The highest BCUT2D eigenvalue weighted by Crippen LogP contribution is 2.52. The average Bonchev–Trinajstić information content (AvgIpc) is 3.06. The minimum atomic E-state index is -4.96. The number of benzene rings is 2. The number of carbonyl (C=O) groups is 3. The zero-order valence-electron chi connectivity index (χ0n) is 21.0. The highest BCUT2D eigenvalue weighted by molar-refractivity contribution is 6.01. The molecule has 2 fully saturated rings. The van der Waals surface area contributed by atoms with Crippen molar-refractivity contribution in [3.05, 3.63) is 70.8 Å². The number of rotatable bonds is 5. The van der Waals surface area contributed by atoms with E-state index in [0.29, 0.717) is 5.56 Å². The third-order valence-corrected chi connectivity index (χ3v) is 7.29. The first kappa shape index (κ1) is 25.9. The summed E-state index contributed by atoms with van der Waals surface area (Å²) >= 11 is 0. The van der Waals surface area contributed by atoms with Crippen LogP contribution >= 0.6 is 0 Å². The topological polar surface area (TPSA) is 57.7 Å². The summed E-state index contributed by atoms with van der Waals surface area (Å²) in [7, 11) is 1.59. The lowest BCUT2D eigenvalue weighted by atomic mass is 9.65. The van der Waals surface area contributed by atoms with Gasteiger partial charge in [0.15, 0.2) is 0 Å². The Balaban J connectivity index is 1.39. The number of fused-ring (bicyclic) bond motifs is 2. The Kier molecular flexibility index (Phi) is 6.52. The molecule has 2 aromatic rings. The Bertz CT molecular complexity index is 1170. The third kappa shape index (κ3) is 5.32. The average molecular weight is 501 g/mol. The zero-order valence-corrected chi connectivity index (χ0v) is 21.0. The van der Waals surface area contributed by atoms with E-state index in [1.165, 1.54) is 17.0 Å². The summed E-state index contributed by atoms with van der Waals surface area (Å²) in [5.41, 5.74) is 1.48. The fourth-order valence-electron chi connectivity index (χ4n) is 6.11. The molecule has 1 saturated carbocycles. The van der Waals surface area contributed by atoms with Crippen LogP contribution in [0.1, 0.15) is 76.7 Å². The van der Waals surface area contributed by atoms with Gasteiger partial charge in [-0.2, -0.15) is 13.2 Å². The van der Waals surface area contributed by atoms with Crippen molar-refractivity contribution in [3.8, 4) is 0 Å². The molecule has 1 heterocycles. The first-order valence-electron chi connectivity index (χ1n) is 12.0. The molecule has 4 rings (SSSR count). The van der Waals surface area contributed by atoms with Gasteiger partial charge in [0.05, 0.1) is 0 Å². The molecule has 0 N–H and O–H groups in total. The van der Waals surface area contributed by atoms with E-state index >= 15 is 0 Å². The summed E-state index contributed by atoms with van der Waals surface area (Å²) in [6.07, 6.45) is -1.80. The number of likely N-dealkylation sites (tertiary alicyclic amines) is 1. The lowest BCUT2D eigenvalue weighted by molar-refractivity contribution is -0.0885. The Morgan fingerprint density at radius 1 is 0.917 bits per heavy atom. The molecule has 1 saturated heterocycles. The van der Waals surface area contributed by atoms with E-state index in [0.717, 1.165) is 43.5 Å². The van der Waals surface area contributed by atoms with Crippen molar-refractivity contribution < 1.29 is 27.6 Å². The number of hydrogen-bond donors (Lipinski definition) is 0. The van der Waals surface area contributed by atoms with E-state index in [-0.39, 0.29) is 40.8 Å². The molecule has 0 radical (unpaired) electrons. The van der Waals surface area contributed by atoms with E-state index in [9.17, 15) is 27.6 Å². The molecule has 36 heavy (non-hydrogen) atoms. The van der Waals surface area contributed by atoms with Crippen molar-refractivity contribution in [1.29, 1.82) is 0 Å². The van der Waals surface area contributed by atoms with Gasteiger partial charge >= 0.3 is 6.18 Å². The Morgan fingerprint density at radius 2 is 1.47 bits per heavy atom. The second-order valence-electron chi connectivity index (χ2n) is 11.4. The zero-order chi connectivity index (χ0) is 26.5. The normalized spacial score (nSPS) is 22.9. The van der Waals surface area contributed by atoms with Crippen LogP contribution in [0.5, 0.6) is 0 Å². The number of alkyl halides is 3. The van der Waals surface area contributed by atoms with Gasteiger partial charge < -0.3 is 9.80 Å². The van der Waals surface area contributed by atoms with Crippen LogP contribution in [-0.2, 0) is 6.54 Å². The number of hydrogen-bond acceptors (Lipinski definition) is 3. The van der Waals surface area contributed by atoms with Crippen molar-refractivity contribution >= 4 is 17.6 Å². The van der Waals surface area contributed by atoms with Crippen molar-refractivity contribution in [3.63, 3.8) is 0 Å². The lowest BCUT2D eigenvalue weighted by Crippen LogP contribution is -2.37. The smallest absolute Gasteiger partial charge is 0.337 e. The number of carbonyl (C=O) groups excluding carboxylic acids is 3. The Hall–Kier alpha value is -3.16. The second kappa shape index (κ2) is 9.05. The quantitative estimate of drug-likeness (QED) is 0.492. The van der Waals surface area contributed by atoms with Gasteiger partial charge in [-0.1, -0.05) is 45.0 Å². The summed E-state index contributed by atoms with van der Waals surface area (Å²) in [5.74, 6) is -2.30. The molecule has 8 heteroatoms. The van der Waals surface area contributed by atoms with Gasteiger partial charge in [0, 0.05) is 42.9 Å². The van der Waals surface area contributed by atoms with Crippen LogP contribution in [0, 0.1) is 10.8 Å². The molecule has 2 amide bonds. The molecule has 2 atom stereocenters. The Labute approximate surface area is 209 Å². The predicted molar refractivity (Wildman–Crippen MR) is 130 cm³/mol. The van der Waals surface area contributed by atoms with Crippen LogP contribution in [0.15, 0.2) is 48.5 Å². The van der Waals surface area contributed by atoms with E-state index < -0.39 is 17.5 Å². The monoisotopic (exact) mass is 500 g/mol. The molecule has 5 nitrogen and oxygen atoms in total. The molecule has 2 unspecified atom stereocenters. The number of ketones is 1. The van der Waals surface area contributed by atoms with Gasteiger partial charge in [-0.15, -0.1) is 0 Å². The van der Waals surface area contributed by atoms with E-state index in [4.69, 9.17) is 0 Å². The Morgan fingerprint density at radius 3 is 2.06 bits per heavy atom. The maximum atomic E-state index is 13.3. The predicted octanol–water partition coefficient (Wildman–Crippen LogP) is 5.74. The van der Waals surface area contributed by atoms with E-state index in [1.807, 2.05) is 17.0 Å². The van der Waals surface area contributed by atoms with Gasteiger partial charge in [-0.05, 0) is 59.9 Å². The highest BCUT2D eigenvalue weighted by Gasteiger charge is 2.51. The van der Waals surface area contributed by atoms with Crippen LogP contribution in [0.3, 0.4) is 0 Å². The van der Waals surface area contributed by atoms with Crippen molar-refractivity contribution in [2.75, 3.05) is 13.6 Å². The summed E-state index contributed by atoms with van der Waals surface area (Å²) in [4.78, 5) is 40.8. The number of amides is 2. The molecular formula is C28H31F3N2O3. The number of halogens is 3. The summed E-state index contributed by atoms with van der Waals surface area (Å²) in [5, 5.41) is 0. The van der Waals surface area contributed by atoms with Crippen LogP contribution in [0.4, 0.5) is 13.2 Å². The molecule has 0 spiro atoms. The molecule has 2 bridgehead atoms. The first-order valence-corrected chi connectivity index (χ1v) is 12.0. The first-order chi connectivity index (χ1) is 16.7. The number of Topliss-reactive ketones (excluding diaryl/α,β-unsaturated/α-hetero) is 1. The van der Waals surface area contributed by atoms with Crippen LogP contribution in [-0.4, -0.2) is 53.2 Å². The fraction of sp³-hybridized carbons (Fsp3) is 0.464. The molecule has 0 aromatic heterocycles.